The third-order valence-corrected chi connectivity index (χ3v) is 6.88. The lowest BCUT2D eigenvalue weighted by Crippen LogP contribution is -2.39. The lowest BCUT2D eigenvalue weighted by Gasteiger charge is -2.28. The lowest BCUT2D eigenvalue weighted by atomic mass is 9.87. The van der Waals surface area contributed by atoms with E-state index >= 15 is 0 Å². The van der Waals surface area contributed by atoms with E-state index in [-0.39, 0.29) is 22.3 Å². The van der Waals surface area contributed by atoms with Crippen LogP contribution in [0.1, 0.15) is 31.8 Å². The Morgan fingerprint density at radius 2 is 1.09 bits per heavy atom. The number of fused-ring (bicyclic) bond motifs is 1. The molecule has 1 aliphatic carbocycles. The fourth-order valence-electron chi connectivity index (χ4n) is 3.23. The maximum Gasteiger partial charge on any atom is 0.523 e. The molecule has 0 radical (unpaired) electrons. The second-order valence-electron chi connectivity index (χ2n) is 7.33. The highest BCUT2D eigenvalue weighted by molar-refractivity contribution is 7.87. The summed E-state index contributed by atoms with van der Waals surface area (Å²) in [5.74, 6) is -2.09. The molecule has 0 N–H and O–H groups in total. The first-order chi connectivity index (χ1) is 15.8. The summed E-state index contributed by atoms with van der Waals surface area (Å²) in [4.78, 5) is 24.1. The molecular formula is C17H16F6O10S2. The predicted octanol–water partition coefficient (Wildman–Crippen LogP) is 2.08. The topological polar surface area (TPSA) is 139 Å². The molecular weight excluding hydrogens is 542 g/mol. The van der Waals surface area contributed by atoms with Gasteiger partial charge in [-0.2, -0.15) is 43.2 Å². The highest BCUT2D eigenvalue weighted by Crippen LogP contribution is 2.41. The number of hydrogen-bond donors (Lipinski definition) is 0. The molecule has 18 heteroatoms. The van der Waals surface area contributed by atoms with Crippen LogP contribution in [0.5, 0.6) is 0 Å². The van der Waals surface area contributed by atoms with Crippen molar-refractivity contribution in [3.63, 3.8) is 0 Å². The number of halogens is 6. The van der Waals surface area contributed by atoms with Crippen molar-refractivity contribution in [3.8, 4) is 0 Å². The van der Waals surface area contributed by atoms with Gasteiger partial charge in [0.15, 0.2) is 0 Å². The Kier molecular flexibility index (Phi) is 7.86. The van der Waals surface area contributed by atoms with Crippen LogP contribution in [0.2, 0.25) is 0 Å². The Morgan fingerprint density at radius 1 is 0.771 bits per heavy atom. The van der Waals surface area contributed by atoms with Crippen LogP contribution in [0.15, 0.2) is 12.1 Å². The Balaban J connectivity index is 2.53. The molecule has 2 rings (SSSR count). The fourth-order valence-corrected chi connectivity index (χ4v) is 4.31. The van der Waals surface area contributed by atoms with Gasteiger partial charge in [-0.1, -0.05) is 0 Å². The maximum atomic E-state index is 12.7. The monoisotopic (exact) mass is 558 g/mol. The number of methoxy groups -OCH3 is 2. The van der Waals surface area contributed by atoms with Crippen molar-refractivity contribution in [1.29, 1.82) is 0 Å². The largest absolute Gasteiger partial charge is 0.523 e. The van der Waals surface area contributed by atoms with Crippen LogP contribution in [0, 0.1) is 5.41 Å². The quantitative estimate of drug-likeness (QED) is 0.202. The van der Waals surface area contributed by atoms with Crippen LogP contribution in [0.25, 0.3) is 0 Å². The molecule has 1 aromatic carbocycles. The molecule has 0 spiro atoms. The zero-order chi connectivity index (χ0) is 27.0. The van der Waals surface area contributed by atoms with Crippen molar-refractivity contribution in [3.05, 3.63) is 34.4 Å². The van der Waals surface area contributed by atoms with Gasteiger partial charge in [-0.3, -0.25) is 8.37 Å². The summed E-state index contributed by atoms with van der Waals surface area (Å²) in [6, 6.07) is 2.07. The van der Waals surface area contributed by atoms with Crippen molar-refractivity contribution in [2.75, 3.05) is 27.4 Å². The van der Waals surface area contributed by atoms with E-state index in [0.717, 1.165) is 26.4 Å². The molecule has 198 valence electrons. The number of carbonyl (C=O) groups is 2. The maximum absolute atomic E-state index is 12.7. The molecule has 1 aromatic rings. The minimum atomic E-state index is -6.22. The van der Waals surface area contributed by atoms with Crippen molar-refractivity contribution in [1.82, 2.24) is 0 Å². The summed E-state index contributed by atoms with van der Waals surface area (Å²) in [5, 5.41) is 0. The van der Waals surface area contributed by atoms with Crippen LogP contribution in [-0.4, -0.2) is 67.2 Å². The molecule has 1 aliphatic rings. The third kappa shape index (κ3) is 6.04. The zero-order valence-electron chi connectivity index (χ0n) is 17.6. The van der Waals surface area contributed by atoms with E-state index in [1.54, 1.807) is 0 Å². The smallest absolute Gasteiger partial charge is 0.465 e. The van der Waals surface area contributed by atoms with E-state index in [9.17, 15) is 52.8 Å². The van der Waals surface area contributed by atoms with Crippen LogP contribution in [-0.2, 0) is 50.9 Å². The molecule has 0 saturated heterocycles. The summed E-state index contributed by atoms with van der Waals surface area (Å²) >= 11 is 0. The van der Waals surface area contributed by atoms with Crippen LogP contribution in [0.3, 0.4) is 0 Å². The molecule has 0 saturated carbocycles. The van der Waals surface area contributed by atoms with Gasteiger partial charge < -0.3 is 9.47 Å². The summed E-state index contributed by atoms with van der Waals surface area (Å²) in [5.41, 5.74) is -14.5. The van der Waals surface area contributed by atoms with Crippen LogP contribution >= 0.6 is 0 Å². The zero-order valence-corrected chi connectivity index (χ0v) is 19.3. The summed E-state index contributed by atoms with van der Waals surface area (Å²) in [7, 11) is -10.5. The third-order valence-electron chi connectivity index (χ3n) is 4.89. The molecule has 35 heavy (non-hydrogen) atoms. The minimum absolute atomic E-state index is 0.0547. The van der Waals surface area contributed by atoms with Gasteiger partial charge in [0.05, 0.1) is 38.6 Å². The van der Waals surface area contributed by atoms with Gasteiger partial charge in [0.1, 0.15) is 0 Å². The van der Waals surface area contributed by atoms with Crippen LogP contribution < -0.4 is 0 Å². The molecule has 0 amide bonds. The first-order valence-electron chi connectivity index (χ1n) is 9.03. The van der Waals surface area contributed by atoms with Crippen molar-refractivity contribution in [2.45, 2.75) is 23.9 Å². The summed E-state index contributed by atoms with van der Waals surface area (Å²) in [6.45, 7) is -2.89. The molecule has 0 bridgehead atoms. The summed E-state index contributed by atoms with van der Waals surface area (Å²) < 4.78 is 139. The van der Waals surface area contributed by atoms with E-state index in [2.05, 4.69) is 17.8 Å². The number of esters is 2. The second-order valence-corrected chi connectivity index (χ2v) is 10.5. The molecule has 0 fully saturated rings. The predicted molar refractivity (Wildman–Crippen MR) is 101 cm³/mol. The van der Waals surface area contributed by atoms with E-state index in [1.807, 2.05) is 0 Å². The summed E-state index contributed by atoms with van der Waals surface area (Å²) in [6.07, 6.45) is -1.18. The average molecular weight is 558 g/mol. The SMILES string of the molecule is COC(=O)c1cc2c(cc1C(=O)OC)CC(COS(=O)(=O)C(F)(F)F)(COS(=O)(=O)C(F)(F)F)C2. The number of hydrogen-bond acceptors (Lipinski definition) is 10. The minimum Gasteiger partial charge on any atom is -0.465 e. The number of alkyl halides is 6. The molecule has 0 unspecified atom stereocenters. The average Bonchev–Trinajstić information content (AvgIpc) is 3.11. The van der Waals surface area contributed by atoms with E-state index in [0.29, 0.717) is 0 Å². The molecule has 0 aromatic heterocycles. The Morgan fingerprint density at radius 3 is 1.34 bits per heavy atom. The van der Waals surface area contributed by atoms with Crippen molar-refractivity contribution in [2.24, 2.45) is 5.41 Å². The number of rotatable bonds is 8. The molecule has 0 heterocycles. The highest BCUT2D eigenvalue weighted by atomic mass is 32.2. The first-order valence-corrected chi connectivity index (χ1v) is 11.8. The van der Waals surface area contributed by atoms with E-state index < -0.39 is 74.7 Å². The normalized spacial score (nSPS) is 16.0. The lowest BCUT2D eigenvalue weighted by molar-refractivity contribution is -0.0614. The number of carbonyl (C=O) groups excluding carboxylic acids is 2. The van der Waals surface area contributed by atoms with Gasteiger partial charge in [0, 0.05) is 5.41 Å². The van der Waals surface area contributed by atoms with Gasteiger partial charge in [0.2, 0.25) is 0 Å². The fraction of sp³-hybridized carbons (Fsp3) is 0.529. The Labute approximate surface area is 194 Å². The van der Waals surface area contributed by atoms with Gasteiger partial charge in [-0.25, -0.2) is 9.59 Å². The van der Waals surface area contributed by atoms with Gasteiger partial charge >= 0.3 is 43.2 Å². The van der Waals surface area contributed by atoms with Crippen molar-refractivity contribution >= 4 is 32.2 Å². The molecule has 0 aliphatic heterocycles. The number of ether oxygens (including phenoxy) is 2. The van der Waals surface area contributed by atoms with E-state index in [4.69, 9.17) is 0 Å². The first kappa shape index (κ1) is 28.8. The highest BCUT2D eigenvalue weighted by Gasteiger charge is 2.52. The van der Waals surface area contributed by atoms with Gasteiger partial charge in [-0.15, -0.1) is 0 Å². The standard InChI is InChI=1S/C17H16F6O10S2/c1-30-13(24)11-3-9-5-15(7-32-34(26,27)16(18,19)20,8-33-35(28,29)17(21,22)23)6-10(9)4-12(11)14(25)31-2/h3-4H,5-8H2,1-2H3. The van der Waals surface area contributed by atoms with Crippen LogP contribution in [0.4, 0.5) is 26.3 Å². The second kappa shape index (κ2) is 9.55. The Hall–Kier alpha value is -2.44. The molecule has 10 nitrogen and oxygen atoms in total. The Bertz CT molecular complexity index is 1120. The van der Waals surface area contributed by atoms with Gasteiger partial charge in [0.25, 0.3) is 0 Å². The van der Waals surface area contributed by atoms with Crippen molar-refractivity contribution < 1.29 is 70.6 Å². The van der Waals surface area contributed by atoms with Gasteiger partial charge in [-0.05, 0) is 36.1 Å². The number of benzene rings is 1. The van der Waals surface area contributed by atoms with E-state index in [1.165, 1.54) is 0 Å². The molecule has 0 atom stereocenters.